The zero-order chi connectivity index (χ0) is 20.8. The first kappa shape index (κ1) is 20.0. The van der Waals surface area contributed by atoms with Crippen LogP contribution in [-0.2, 0) is 4.79 Å². The molecule has 1 heterocycles. The quantitative estimate of drug-likeness (QED) is 0.224. The molecule has 1 aromatic heterocycles. The fraction of sp³-hybridized carbons (Fsp3) is 0.0800. The second-order valence-electron chi connectivity index (χ2n) is 6.77. The first-order valence-corrected chi connectivity index (χ1v) is 10.7. The van der Waals surface area contributed by atoms with Gasteiger partial charge in [-0.05, 0) is 47.5 Å². The maximum Gasteiger partial charge on any atom is 0.244 e. The Morgan fingerprint density at radius 3 is 2.50 bits per heavy atom. The van der Waals surface area contributed by atoms with E-state index in [-0.39, 0.29) is 11.7 Å². The van der Waals surface area contributed by atoms with E-state index in [1.54, 1.807) is 36.0 Å². The molecule has 0 aliphatic rings. The zero-order valence-electron chi connectivity index (χ0n) is 16.3. The van der Waals surface area contributed by atoms with E-state index >= 15 is 0 Å². The van der Waals surface area contributed by atoms with Gasteiger partial charge >= 0.3 is 0 Å². The lowest BCUT2D eigenvalue weighted by Crippen LogP contribution is -2.23. The number of amides is 1. The molecule has 0 aliphatic carbocycles. The molecule has 150 valence electrons. The van der Waals surface area contributed by atoms with E-state index < -0.39 is 0 Å². The summed E-state index contributed by atoms with van der Waals surface area (Å²) in [5.74, 6) is 0.355. The summed E-state index contributed by atoms with van der Waals surface area (Å²) in [5, 5.41) is 4.05. The van der Waals surface area contributed by atoms with Crippen molar-refractivity contribution >= 4 is 34.6 Å². The minimum atomic E-state index is -0.254. The summed E-state index contributed by atoms with van der Waals surface area (Å²) in [6.07, 6.45) is 3.35. The highest BCUT2D eigenvalue weighted by molar-refractivity contribution is 7.99. The first-order chi connectivity index (χ1) is 14.7. The minimum absolute atomic E-state index is 0.114. The summed E-state index contributed by atoms with van der Waals surface area (Å²) in [6, 6.07) is 24.3. The number of para-hydroxylation sites is 1. The van der Waals surface area contributed by atoms with E-state index in [9.17, 15) is 9.18 Å². The molecule has 30 heavy (non-hydrogen) atoms. The van der Waals surface area contributed by atoms with Gasteiger partial charge in [0.25, 0.3) is 0 Å². The Balaban J connectivity index is 1.42. The topological polar surface area (TPSA) is 44.9 Å². The molecule has 0 saturated carbocycles. The van der Waals surface area contributed by atoms with Crippen LogP contribution in [0, 0.1) is 5.82 Å². The van der Waals surface area contributed by atoms with Crippen molar-refractivity contribution in [3.8, 4) is 11.3 Å². The molecule has 4 rings (SSSR count). The number of H-pyrrole nitrogens is 1. The predicted molar refractivity (Wildman–Crippen MR) is 123 cm³/mol. The highest BCUT2D eigenvalue weighted by Crippen LogP contribution is 2.37. The first-order valence-electron chi connectivity index (χ1n) is 9.71. The molecule has 0 bridgehead atoms. The lowest BCUT2D eigenvalue weighted by Gasteiger charge is -2.06. The number of fused-ring (bicyclic) bond motifs is 1. The highest BCUT2D eigenvalue weighted by Gasteiger charge is 2.13. The number of carbonyl (C=O) groups excluding carboxylic acids is 1. The van der Waals surface area contributed by atoms with Crippen LogP contribution < -0.4 is 5.32 Å². The van der Waals surface area contributed by atoms with Crippen molar-refractivity contribution in [2.24, 2.45) is 0 Å². The number of hydrogen-bond donors (Lipinski definition) is 2. The molecular weight excluding hydrogens is 395 g/mol. The molecule has 3 nitrogen and oxygen atoms in total. The summed E-state index contributed by atoms with van der Waals surface area (Å²) in [5.41, 5.74) is 3.93. The number of thioether (sulfide) groups is 1. The smallest absolute Gasteiger partial charge is 0.244 e. The molecule has 3 aromatic carbocycles. The van der Waals surface area contributed by atoms with Gasteiger partial charge in [0, 0.05) is 34.2 Å². The van der Waals surface area contributed by atoms with Gasteiger partial charge in [0.15, 0.2) is 0 Å². The van der Waals surface area contributed by atoms with Crippen LogP contribution in [0.25, 0.3) is 28.2 Å². The number of hydrogen-bond acceptors (Lipinski definition) is 2. The van der Waals surface area contributed by atoms with Gasteiger partial charge in [0.2, 0.25) is 5.91 Å². The SMILES string of the molecule is O=C(/C=C/c1ccccc1)NCCSc1c(-c2ccc(F)cc2)[nH]c2ccccc12. The van der Waals surface area contributed by atoms with Crippen molar-refractivity contribution < 1.29 is 9.18 Å². The van der Waals surface area contributed by atoms with Crippen LogP contribution in [0.5, 0.6) is 0 Å². The normalized spacial score (nSPS) is 11.2. The number of aromatic amines is 1. The van der Waals surface area contributed by atoms with E-state index in [1.807, 2.05) is 48.5 Å². The summed E-state index contributed by atoms with van der Waals surface area (Å²) in [6.45, 7) is 0.547. The Morgan fingerprint density at radius 1 is 0.967 bits per heavy atom. The molecule has 4 aromatic rings. The Hall–Kier alpha value is -3.31. The third-order valence-corrected chi connectivity index (χ3v) is 5.79. The van der Waals surface area contributed by atoms with Crippen LogP contribution in [0.4, 0.5) is 4.39 Å². The van der Waals surface area contributed by atoms with Crippen molar-refractivity contribution in [1.82, 2.24) is 10.3 Å². The number of rotatable bonds is 7. The largest absolute Gasteiger partial charge is 0.354 e. The Kier molecular flexibility index (Phi) is 6.30. The van der Waals surface area contributed by atoms with Gasteiger partial charge in [-0.2, -0.15) is 0 Å². The lowest BCUT2D eigenvalue weighted by atomic mass is 10.1. The molecule has 0 radical (unpaired) electrons. The molecule has 0 spiro atoms. The fourth-order valence-electron chi connectivity index (χ4n) is 3.21. The van der Waals surface area contributed by atoms with Crippen LogP contribution in [0.3, 0.4) is 0 Å². The standard InChI is InChI=1S/C25H21FN2OS/c26-20-13-11-19(12-14-20)24-25(21-8-4-5-9-22(21)28-24)30-17-16-27-23(29)15-10-18-6-2-1-3-7-18/h1-15,28H,16-17H2,(H,27,29)/b15-10+. The Bertz CT molecular complexity index is 1170. The highest BCUT2D eigenvalue weighted by atomic mass is 32.2. The molecule has 2 N–H and O–H groups in total. The molecule has 0 unspecified atom stereocenters. The van der Waals surface area contributed by atoms with Crippen LogP contribution in [0.2, 0.25) is 0 Å². The van der Waals surface area contributed by atoms with Gasteiger partial charge < -0.3 is 10.3 Å². The van der Waals surface area contributed by atoms with Crippen molar-refractivity contribution in [3.63, 3.8) is 0 Å². The summed E-state index contributed by atoms with van der Waals surface area (Å²) in [7, 11) is 0. The van der Waals surface area contributed by atoms with Gasteiger partial charge in [-0.3, -0.25) is 4.79 Å². The molecule has 0 fully saturated rings. The minimum Gasteiger partial charge on any atom is -0.354 e. The van der Waals surface area contributed by atoms with Crippen LogP contribution >= 0.6 is 11.8 Å². The van der Waals surface area contributed by atoms with Crippen LogP contribution in [-0.4, -0.2) is 23.2 Å². The van der Waals surface area contributed by atoms with E-state index in [2.05, 4.69) is 16.4 Å². The molecule has 1 amide bonds. The average Bonchev–Trinajstić information content (AvgIpc) is 3.15. The molecule has 5 heteroatoms. The van der Waals surface area contributed by atoms with E-state index in [0.29, 0.717) is 6.54 Å². The summed E-state index contributed by atoms with van der Waals surface area (Å²) >= 11 is 1.67. The van der Waals surface area contributed by atoms with Gasteiger partial charge in [-0.1, -0.05) is 48.5 Å². The van der Waals surface area contributed by atoms with Crippen LogP contribution in [0.15, 0.2) is 89.8 Å². The lowest BCUT2D eigenvalue weighted by molar-refractivity contribution is -0.116. The van der Waals surface area contributed by atoms with E-state index in [4.69, 9.17) is 0 Å². The number of halogens is 1. The predicted octanol–water partition coefficient (Wildman–Crippen LogP) is 5.90. The maximum absolute atomic E-state index is 13.3. The van der Waals surface area contributed by atoms with E-state index in [0.717, 1.165) is 38.4 Å². The van der Waals surface area contributed by atoms with Gasteiger partial charge in [0.05, 0.1) is 5.69 Å². The summed E-state index contributed by atoms with van der Waals surface area (Å²) < 4.78 is 13.3. The maximum atomic E-state index is 13.3. The number of benzene rings is 3. The number of nitrogens with one attached hydrogen (secondary N) is 2. The van der Waals surface area contributed by atoms with Crippen molar-refractivity contribution in [1.29, 1.82) is 0 Å². The third kappa shape index (κ3) is 4.81. The Morgan fingerprint density at radius 2 is 1.70 bits per heavy atom. The zero-order valence-corrected chi connectivity index (χ0v) is 17.1. The molecular formula is C25H21FN2OS. The average molecular weight is 417 g/mol. The van der Waals surface area contributed by atoms with Crippen molar-refractivity contribution in [2.75, 3.05) is 12.3 Å². The van der Waals surface area contributed by atoms with Gasteiger partial charge in [0.1, 0.15) is 5.82 Å². The second kappa shape index (κ2) is 9.46. The molecule has 0 saturated heterocycles. The summed E-state index contributed by atoms with van der Waals surface area (Å²) in [4.78, 5) is 16.6. The van der Waals surface area contributed by atoms with E-state index in [1.165, 1.54) is 12.1 Å². The van der Waals surface area contributed by atoms with Crippen LogP contribution in [0.1, 0.15) is 5.56 Å². The number of aromatic nitrogens is 1. The molecule has 0 aliphatic heterocycles. The van der Waals surface area contributed by atoms with Crippen molar-refractivity contribution in [2.45, 2.75) is 4.90 Å². The van der Waals surface area contributed by atoms with Gasteiger partial charge in [-0.25, -0.2) is 4.39 Å². The monoisotopic (exact) mass is 416 g/mol. The second-order valence-corrected chi connectivity index (χ2v) is 7.87. The third-order valence-electron chi connectivity index (χ3n) is 4.67. The molecule has 0 atom stereocenters. The Labute approximate surface area is 179 Å². The van der Waals surface area contributed by atoms with Crippen molar-refractivity contribution in [3.05, 3.63) is 96.3 Å². The number of carbonyl (C=O) groups is 1. The van der Waals surface area contributed by atoms with Gasteiger partial charge in [-0.15, -0.1) is 11.8 Å². The fourth-order valence-corrected chi connectivity index (χ4v) is 4.26.